The summed E-state index contributed by atoms with van der Waals surface area (Å²) in [6.07, 6.45) is 1.49. The number of benzene rings is 1. The normalized spacial score (nSPS) is 12.0. The maximum absolute atomic E-state index is 12.0. The SMILES string of the molecule is CC(CCCO)NC(=O)N(C)Cc1ccccc1Br. The molecule has 1 rings (SSSR count). The van der Waals surface area contributed by atoms with Crippen molar-refractivity contribution in [2.24, 2.45) is 0 Å². The van der Waals surface area contributed by atoms with Gasteiger partial charge in [0.15, 0.2) is 0 Å². The van der Waals surface area contributed by atoms with E-state index >= 15 is 0 Å². The number of nitrogens with one attached hydrogen (secondary N) is 1. The number of hydrogen-bond acceptors (Lipinski definition) is 2. The summed E-state index contributed by atoms with van der Waals surface area (Å²) in [5.41, 5.74) is 1.07. The van der Waals surface area contributed by atoms with Crippen molar-refractivity contribution >= 4 is 22.0 Å². The third kappa shape index (κ3) is 5.61. The van der Waals surface area contributed by atoms with Gasteiger partial charge >= 0.3 is 6.03 Å². The van der Waals surface area contributed by atoms with Crippen LogP contribution in [-0.4, -0.2) is 35.7 Å². The Kier molecular flexibility index (Phi) is 6.87. The minimum Gasteiger partial charge on any atom is -0.396 e. The Hall–Kier alpha value is -1.07. The minimum absolute atomic E-state index is 0.0707. The zero-order valence-corrected chi connectivity index (χ0v) is 13.0. The summed E-state index contributed by atoms with van der Waals surface area (Å²) in [5.74, 6) is 0. The standard InChI is InChI=1S/C14H21BrN2O2/c1-11(6-5-9-18)16-14(19)17(2)10-12-7-3-4-8-13(12)15/h3-4,7-8,11,18H,5-6,9-10H2,1-2H3,(H,16,19). The molecule has 0 aliphatic rings. The van der Waals surface area contributed by atoms with Crippen LogP contribution in [-0.2, 0) is 6.54 Å². The number of aliphatic hydroxyl groups excluding tert-OH is 1. The van der Waals surface area contributed by atoms with Gasteiger partial charge in [0.1, 0.15) is 0 Å². The van der Waals surface area contributed by atoms with Gasteiger partial charge in [0.2, 0.25) is 0 Å². The lowest BCUT2D eigenvalue weighted by atomic mass is 10.2. The van der Waals surface area contributed by atoms with E-state index in [4.69, 9.17) is 5.11 Å². The summed E-state index contributed by atoms with van der Waals surface area (Å²) >= 11 is 3.47. The van der Waals surface area contributed by atoms with Crippen LogP contribution in [0.3, 0.4) is 0 Å². The number of nitrogens with zero attached hydrogens (tertiary/aromatic N) is 1. The van der Waals surface area contributed by atoms with Crippen LogP contribution in [0.2, 0.25) is 0 Å². The quantitative estimate of drug-likeness (QED) is 0.843. The number of urea groups is 1. The summed E-state index contributed by atoms with van der Waals surface area (Å²) in [4.78, 5) is 13.6. The monoisotopic (exact) mass is 328 g/mol. The molecule has 0 fully saturated rings. The molecule has 0 aliphatic carbocycles. The van der Waals surface area contributed by atoms with Crippen molar-refractivity contribution in [3.05, 3.63) is 34.3 Å². The van der Waals surface area contributed by atoms with E-state index in [1.54, 1.807) is 11.9 Å². The van der Waals surface area contributed by atoms with E-state index in [0.29, 0.717) is 13.0 Å². The van der Waals surface area contributed by atoms with Crippen LogP contribution >= 0.6 is 15.9 Å². The molecule has 0 aromatic heterocycles. The summed E-state index contributed by atoms with van der Waals surface area (Å²) < 4.78 is 1.00. The highest BCUT2D eigenvalue weighted by atomic mass is 79.9. The van der Waals surface area contributed by atoms with Crippen LogP contribution in [0.15, 0.2) is 28.7 Å². The fourth-order valence-electron chi connectivity index (χ4n) is 1.74. The lowest BCUT2D eigenvalue weighted by Gasteiger charge is -2.21. The Bertz CT molecular complexity index is 412. The van der Waals surface area contributed by atoms with Crippen molar-refractivity contribution in [3.63, 3.8) is 0 Å². The van der Waals surface area contributed by atoms with Crippen LogP contribution in [0.25, 0.3) is 0 Å². The largest absolute Gasteiger partial charge is 0.396 e. The fourth-order valence-corrected chi connectivity index (χ4v) is 2.15. The molecule has 1 atom stereocenters. The van der Waals surface area contributed by atoms with Gasteiger partial charge in [-0.25, -0.2) is 4.79 Å². The van der Waals surface area contributed by atoms with E-state index in [1.807, 2.05) is 31.2 Å². The molecule has 0 radical (unpaired) electrons. The zero-order valence-electron chi connectivity index (χ0n) is 11.4. The number of hydrogen-bond donors (Lipinski definition) is 2. The van der Waals surface area contributed by atoms with Gasteiger partial charge in [-0.15, -0.1) is 0 Å². The Labute approximate surface area is 122 Å². The highest BCUT2D eigenvalue weighted by Gasteiger charge is 2.12. The van der Waals surface area contributed by atoms with Gasteiger partial charge in [0, 0.05) is 30.7 Å². The second-order valence-corrected chi connectivity index (χ2v) is 5.52. The molecular weight excluding hydrogens is 308 g/mol. The predicted octanol–water partition coefficient (Wildman–Crippen LogP) is 2.75. The number of aliphatic hydroxyl groups is 1. The molecular formula is C14H21BrN2O2. The third-order valence-corrected chi connectivity index (χ3v) is 3.65. The molecule has 2 amide bonds. The van der Waals surface area contributed by atoms with Crippen molar-refractivity contribution < 1.29 is 9.90 Å². The Morgan fingerprint density at radius 3 is 2.79 bits per heavy atom. The first-order chi connectivity index (χ1) is 9.04. The van der Waals surface area contributed by atoms with Crippen LogP contribution < -0.4 is 5.32 Å². The van der Waals surface area contributed by atoms with Gasteiger partial charge in [0.25, 0.3) is 0 Å². The second-order valence-electron chi connectivity index (χ2n) is 4.66. The molecule has 0 bridgehead atoms. The average molecular weight is 329 g/mol. The molecule has 1 aromatic rings. The van der Waals surface area contributed by atoms with E-state index < -0.39 is 0 Å². The summed E-state index contributed by atoms with van der Waals surface area (Å²) in [6.45, 7) is 2.66. The number of carbonyl (C=O) groups excluding carboxylic acids is 1. The first-order valence-corrected chi connectivity index (χ1v) is 7.19. The molecule has 2 N–H and O–H groups in total. The molecule has 0 saturated heterocycles. The lowest BCUT2D eigenvalue weighted by Crippen LogP contribution is -2.41. The molecule has 0 heterocycles. The van der Waals surface area contributed by atoms with Crippen molar-refractivity contribution in [2.75, 3.05) is 13.7 Å². The van der Waals surface area contributed by atoms with Crippen LogP contribution in [0.4, 0.5) is 4.79 Å². The van der Waals surface area contributed by atoms with E-state index in [0.717, 1.165) is 16.5 Å². The Morgan fingerprint density at radius 2 is 2.16 bits per heavy atom. The van der Waals surface area contributed by atoms with Crippen molar-refractivity contribution in [3.8, 4) is 0 Å². The minimum atomic E-state index is -0.0961. The highest BCUT2D eigenvalue weighted by Crippen LogP contribution is 2.17. The van der Waals surface area contributed by atoms with Gasteiger partial charge in [0.05, 0.1) is 0 Å². The van der Waals surface area contributed by atoms with Crippen molar-refractivity contribution in [2.45, 2.75) is 32.4 Å². The van der Waals surface area contributed by atoms with Crippen LogP contribution in [0, 0.1) is 0 Å². The van der Waals surface area contributed by atoms with E-state index in [-0.39, 0.29) is 18.7 Å². The molecule has 1 unspecified atom stereocenters. The van der Waals surface area contributed by atoms with Gasteiger partial charge in [-0.1, -0.05) is 34.1 Å². The predicted molar refractivity (Wildman–Crippen MR) is 79.9 cm³/mol. The lowest BCUT2D eigenvalue weighted by molar-refractivity contribution is 0.201. The maximum atomic E-state index is 12.0. The molecule has 0 saturated carbocycles. The summed E-state index contributed by atoms with van der Waals surface area (Å²) in [7, 11) is 1.77. The third-order valence-electron chi connectivity index (χ3n) is 2.88. The summed E-state index contributed by atoms with van der Waals surface area (Å²) in [6, 6.07) is 7.83. The van der Waals surface area contributed by atoms with Crippen molar-refractivity contribution in [1.82, 2.24) is 10.2 Å². The first kappa shape index (κ1) is 16.0. The van der Waals surface area contributed by atoms with Gasteiger partial charge in [-0.05, 0) is 31.4 Å². The Balaban J connectivity index is 2.47. The Morgan fingerprint density at radius 1 is 1.47 bits per heavy atom. The van der Waals surface area contributed by atoms with Gasteiger partial charge in [-0.2, -0.15) is 0 Å². The molecule has 0 spiro atoms. The number of rotatable bonds is 6. The smallest absolute Gasteiger partial charge is 0.317 e. The second kappa shape index (κ2) is 8.17. The van der Waals surface area contributed by atoms with E-state index in [1.165, 1.54) is 0 Å². The zero-order chi connectivity index (χ0) is 14.3. The number of halogens is 1. The molecule has 1 aromatic carbocycles. The van der Waals surface area contributed by atoms with E-state index in [2.05, 4.69) is 21.2 Å². The van der Waals surface area contributed by atoms with E-state index in [9.17, 15) is 4.79 Å². The molecule has 106 valence electrons. The molecule has 4 nitrogen and oxygen atoms in total. The topological polar surface area (TPSA) is 52.6 Å². The van der Waals surface area contributed by atoms with Gasteiger partial charge in [-0.3, -0.25) is 0 Å². The number of carbonyl (C=O) groups is 1. The molecule has 19 heavy (non-hydrogen) atoms. The van der Waals surface area contributed by atoms with Crippen molar-refractivity contribution in [1.29, 1.82) is 0 Å². The van der Waals surface area contributed by atoms with Crippen LogP contribution in [0.1, 0.15) is 25.3 Å². The highest BCUT2D eigenvalue weighted by molar-refractivity contribution is 9.10. The van der Waals surface area contributed by atoms with Gasteiger partial charge < -0.3 is 15.3 Å². The molecule has 0 aliphatic heterocycles. The fraction of sp³-hybridized carbons (Fsp3) is 0.500. The van der Waals surface area contributed by atoms with Crippen LogP contribution in [0.5, 0.6) is 0 Å². The first-order valence-electron chi connectivity index (χ1n) is 6.40. The number of amides is 2. The molecule has 5 heteroatoms. The average Bonchev–Trinajstić information content (AvgIpc) is 2.38. The maximum Gasteiger partial charge on any atom is 0.317 e. The summed E-state index contributed by atoms with van der Waals surface area (Å²) in [5, 5.41) is 11.7.